The van der Waals surface area contributed by atoms with E-state index in [1.165, 1.54) is 25.1 Å². The minimum Gasteiger partial charge on any atom is -0.210 e. The van der Waals surface area contributed by atoms with Crippen LogP contribution >= 0.6 is 0 Å². The van der Waals surface area contributed by atoms with Gasteiger partial charge in [-0.2, -0.15) is 13.2 Å². The molecule has 1 rings (SSSR count). The van der Waals surface area contributed by atoms with E-state index in [2.05, 4.69) is 0 Å². The van der Waals surface area contributed by atoms with Crippen molar-refractivity contribution in [3.8, 4) is 0 Å². The number of hydrogen-bond donors (Lipinski definition) is 0. The molecule has 0 aliphatic carbocycles. The SMILES string of the molecule is CCN(Cc1ccccc1F)C(F)(F)F. The Balaban J connectivity index is 2.80. The normalized spacial score (nSPS) is 12.1. The Morgan fingerprint density at radius 3 is 2.27 bits per heavy atom. The van der Waals surface area contributed by atoms with Gasteiger partial charge >= 0.3 is 6.30 Å². The summed E-state index contributed by atoms with van der Waals surface area (Å²) in [5.41, 5.74) is 0.0525. The fourth-order valence-electron chi connectivity index (χ4n) is 1.21. The molecule has 5 heteroatoms. The van der Waals surface area contributed by atoms with Crippen LogP contribution in [0.3, 0.4) is 0 Å². The molecule has 0 atom stereocenters. The van der Waals surface area contributed by atoms with Crippen molar-refractivity contribution in [1.82, 2.24) is 4.90 Å². The Labute approximate surface area is 85.3 Å². The first-order valence-corrected chi connectivity index (χ1v) is 4.50. The maximum absolute atomic E-state index is 13.1. The van der Waals surface area contributed by atoms with E-state index in [1.807, 2.05) is 0 Å². The van der Waals surface area contributed by atoms with E-state index in [-0.39, 0.29) is 17.0 Å². The number of benzene rings is 1. The Morgan fingerprint density at radius 2 is 1.80 bits per heavy atom. The minimum absolute atomic E-state index is 0.0525. The maximum atomic E-state index is 13.1. The third-order valence-corrected chi connectivity index (χ3v) is 2.06. The van der Waals surface area contributed by atoms with Crippen LogP contribution in [0.2, 0.25) is 0 Å². The molecule has 0 radical (unpaired) electrons. The molecule has 84 valence electrons. The first-order chi connectivity index (χ1) is 6.95. The van der Waals surface area contributed by atoms with Gasteiger partial charge in [0, 0.05) is 18.7 Å². The van der Waals surface area contributed by atoms with Crippen LogP contribution in [0.25, 0.3) is 0 Å². The molecule has 0 saturated heterocycles. The predicted octanol–water partition coefficient (Wildman–Crippen LogP) is 3.17. The van der Waals surface area contributed by atoms with Crippen molar-refractivity contribution in [1.29, 1.82) is 0 Å². The molecule has 1 aromatic rings. The zero-order valence-corrected chi connectivity index (χ0v) is 8.18. The average molecular weight is 221 g/mol. The molecule has 0 fully saturated rings. The summed E-state index contributed by atoms with van der Waals surface area (Å²) in [6.45, 7) is 0.735. The highest BCUT2D eigenvalue weighted by Gasteiger charge is 2.35. The summed E-state index contributed by atoms with van der Waals surface area (Å²) in [5.74, 6) is -0.611. The van der Waals surface area contributed by atoms with Gasteiger partial charge in [0.1, 0.15) is 5.82 Å². The van der Waals surface area contributed by atoms with E-state index >= 15 is 0 Å². The topological polar surface area (TPSA) is 3.24 Å². The third kappa shape index (κ3) is 3.20. The van der Waals surface area contributed by atoms with Crippen LogP contribution in [0.1, 0.15) is 12.5 Å². The van der Waals surface area contributed by atoms with E-state index in [4.69, 9.17) is 0 Å². The molecule has 0 saturated carbocycles. The van der Waals surface area contributed by atoms with Crippen molar-refractivity contribution in [2.24, 2.45) is 0 Å². The number of hydrogen-bond acceptors (Lipinski definition) is 1. The fraction of sp³-hybridized carbons (Fsp3) is 0.400. The van der Waals surface area contributed by atoms with Crippen LogP contribution < -0.4 is 0 Å². The summed E-state index contributed by atoms with van der Waals surface area (Å²) in [7, 11) is 0. The van der Waals surface area contributed by atoms with Crippen molar-refractivity contribution in [2.75, 3.05) is 6.54 Å². The van der Waals surface area contributed by atoms with Crippen LogP contribution in [0.5, 0.6) is 0 Å². The fourth-order valence-corrected chi connectivity index (χ4v) is 1.21. The van der Waals surface area contributed by atoms with Gasteiger partial charge in [-0.05, 0) is 6.07 Å². The second-order valence-corrected chi connectivity index (χ2v) is 3.07. The molecule has 0 amide bonds. The maximum Gasteiger partial charge on any atom is 0.460 e. The molecular formula is C10H11F4N. The highest BCUT2D eigenvalue weighted by Crippen LogP contribution is 2.23. The van der Waals surface area contributed by atoms with Gasteiger partial charge in [0.15, 0.2) is 0 Å². The summed E-state index contributed by atoms with van der Waals surface area (Å²) < 4.78 is 50.1. The molecule has 1 aromatic carbocycles. The first-order valence-electron chi connectivity index (χ1n) is 4.50. The van der Waals surface area contributed by atoms with Crippen molar-refractivity contribution in [3.63, 3.8) is 0 Å². The molecule has 0 spiro atoms. The van der Waals surface area contributed by atoms with E-state index in [1.54, 1.807) is 0 Å². The minimum atomic E-state index is -4.42. The van der Waals surface area contributed by atoms with Gasteiger partial charge in [-0.3, -0.25) is 0 Å². The van der Waals surface area contributed by atoms with E-state index in [0.717, 1.165) is 6.07 Å². The lowest BCUT2D eigenvalue weighted by Gasteiger charge is -2.23. The molecule has 15 heavy (non-hydrogen) atoms. The molecule has 0 aliphatic heterocycles. The predicted molar refractivity (Wildman–Crippen MR) is 48.5 cm³/mol. The summed E-state index contributed by atoms with van der Waals surface area (Å²) >= 11 is 0. The molecule has 1 nitrogen and oxygen atoms in total. The Morgan fingerprint density at radius 1 is 1.20 bits per heavy atom. The molecule has 0 bridgehead atoms. The summed E-state index contributed by atoms with van der Waals surface area (Å²) in [4.78, 5) is 0.255. The van der Waals surface area contributed by atoms with Crippen LogP contribution in [-0.4, -0.2) is 17.7 Å². The lowest BCUT2D eigenvalue weighted by Crippen LogP contribution is -2.37. The van der Waals surface area contributed by atoms with Gasteiger partial charge in [0.25, 0.3) is 0 Å². The second-order valence-electron chi connectivity index (χ2n) is 3.07. The van der Waals surface area contributed by atoms with E-state index in [9.17, 15) is 17.6 Å². The van der Waals surface area contributed by atoms with Crippen LogP contribution in [0.15, 0.2) is 24.3 Å². The lowest BCUT2D eigenvalue weighted by atomic mass is 10.2. The van der Waals surface area contributed by atoms with Crippen LogP contribution in [0, 0.1) is 5.82 Å². The summed E-state index contributed by atoms with van der Waals surface area (Å²) in [6.07, 6.45) is -4.42. The van der Waals surface area contributed by atoms with Gasteiger partial charge in [0.2, 0.25) is 0 Å². The summed E-state index contributed by atoms with van der Waals surface area (Å²) in [6, 6.07) is 5.47. The van der Waals surface area contributed by atoms with Crippen LogP contribution in [0.4, 0.5) is 17.6 Å². The van der Waals surface area contributed by atoms with Gasteiger partial charge in [-0.15, -0.1) is 0 Å². The van der Waals surface area contributed by atoms with Crippen molar-refractivity contribution in [3.05, 3.63) is 35.6 Å². The monoisotopic (exact) mass is 221 g/mol. The van der Waals surface area contributed by atoms with E-state index in [0.29, 0.717) is 0 Å². The quantitative estimate of drug-likeness (QED) is 0.559. The van der Waals surface area contributed by atoms with E-state index < -0.39 is 18.7 Å². The average Bonchev–Trinajstić information content (AvgIpc) is 2.14. The standard InChI is InChI=1S/C10H11F4N/c1-2-15(10(12,13)14)7-8-5-3-4-6-9(8)11/h3-6H,2,7H2,1H3. The Kier molecular flexibility index (Phi) is 3.68. The molecule has 0 heterocycles. The Hall–Kier alpha value is -1.10. The molecular weight excluding hydrogens is 210 g/mol. The third-order valence-electron chi connectivity index (χ3n) is 2.06. The number of alkyl halides is 3. The van der Waals surface area contributed by atoms with Crippen LogP contribution in [-0.2, 0) is 6.54 Å². The van der Waals surface area contributed by atoms with Crippen molar-refractivity contribution >= 4 is 0 Å². The molecule has 0 unspecified atom stereocenters. The van der Waals surface area contributed by atoms with Gasteiger partial charge in [0.05, 0.1) is 0 Å². The number of halogens is 4. The number of rotatable bonds is 3. The lowest BCUT2D eigenvalue weighted by molar-refractivity contribution is -0.248. The number of nitrogens with zero attached hydrogens (tertiary/aromatic N) is 1. The highest BCUT2D eigenvalue weighted by molar-refractivity contribution is 5.17. The Bertz CT molecular complexity index is 321. The van der Waals surface area contributed by atoms with Gasteiger partial charge in [-0.1, -0.05) is 25.1 Å². The summed E-state index contributed by atoms with van der Waals surface area (Å²) in [5, 5.41) is 0. The molecule has 0 aliphatic rings. The smallest absolute Gasteiger partial charge is 0.210 e. The van der Waals surface area contributed by atoms with Gasteiger partial charge < -0.3 is 0 Å². The largest absolute Gasteiger partial charge is 0.460 e. The van der Waals surface area contributed by atoms with Crippen molar-refractivity contribution < 1.29 is 17.6 Å². The zero-order valence-electron chi connectivity index (χ0n) is 8.18. The highest BCUT2D eigenvalue weighted by atomic mass is 19.4. The first kappa shape index (κ1) is 12.0. The van der Waals surface area contributed by atoms with Gasteiger partial charge in [-0.25, -0.2) is 9.29 Å². The molecule has 0 aromatic heterocycles. The van der Waals surface area contributed by atoms with Crippen molar-refractivity contribution in [2.45, 2.75) is 19.8 Å². The zero-order chi connectivity index (χ0) is 11.5. The molecule has 0 N–H and O–H groups in total. The second kappa shape index (κ2) is 4.61.